The zero-order valence-corrected chi connectivity index (χ0v) is 14.2. The van der Waals surface area contributed by atoms with Crippen molar-refractivity contribution in [2.24, 2.45) is 11.7 Å². The van der Waals surface area contributed by atoms with Crippen molar-refractivity contribution in [3.63, 3.8) is 0 Å². The third-order valence-corrected chi connectivity index (χ3v) is 3.95. The number of hydrogen-bond acceptors (Lipinski definition) is 3. The number of nitrogens with two attached hydrogens (primary N) is 1. The topological polar surface area (TPSA) is 84.2 Å². The second kappa shape index (κ2) is 7.75. The molecule has 0 aliphatic rings. The van der Waals surface area contributed by atoms with E-state index in [1.807, 2.05) is 43.3 Å². The van der Waals surface area contributed by atoms with Gasteiger partial charge in [0.2, 0.25) is 11.8 Å². The van der Waals surface area contributed by atoms with E-state index in [0.29, 0.717) is 11.4 Å². The highest BCUT2D eigenvalue weighted by molar-refractivity contribution is 5.95. The van der Waals surface area contributed by atoms with Crippen molar-refractivity contribution in [3.05, 3.63) is 59.7 Å². The van der Waals surface area contributed by atoms with Crippen LogP contribution < -0.4 is 16.4 Å². The molecule has 24 heavy (non-hydrogen) atoms. The molecule has 0 spiro atoms. The van der Waals surface area contributed by atoms with Crippen LogP contribution in [0.1, 0.15) is 31.0 Å². The summed E-state index contributed by atoms with van der Waals surface area (Å²) in [5.41, 5.74) is 9.35. The van der Waals surface area contributed by atoms with Gasteiger partial charge < -0.3 is 16.4 Å². The summed E-state index contributed by atoms with van der Waals surface area (Å²) in [6.45, 7) is 5.15. The number of benzene rings is 2. The summed E-state index contributed by atoms with van der Waals surface area (Å²) in [4.78, 5) is 23.7. The largest absolute Gasteiger partial charge is 0.326 e. The quantitative estimate of drug-likeness (QED) is 0.789. The van der Waals surface area contributed by atoms with E-state index >= 15 is 0 Å². The molecule has 5 heteroatoms. The lowest BCUT2D eigenvalue weighted by Gasteiger charge is -2.20. The van der Waals surface area contributed by atoms with E-state index in [2.05, 4.69) is 10.6 Å². The molecule has 0 aliphatic heterocycles. The van der Waals surface area contributed by atoms with Crippen molar-refractivity contribution in [1.29, 1.82) is 0 Å². The first-order chi connectivity index (χ1) is 11.4. The van der Waals surface area contributed by atoms with E-state index in [0.717, 1.165) is 11.1 Å². The Morgan fingerprint density at radius 1 is 1.04 bits per heavy atom. The molecule has 0 saturated carbocycles. The van der Waals surface area contributed by atoms with E-state index < -0.39 is 5.92 Å². The molecule has 126 valence electrons. The predicted octanol–water partition coefficient (Wildman–Crippen LogP) is 3.23. The average molecular weight is 325 g/mol. The number of carbonyl (C=O) groups is 2. The molecule has 2 unspecified atom stereocenters. The average Bonchev–Trinajstić information content (AvgIpc) is 2.56. The molecule has 0 radical (unpaired) electrons. The zero-order chi connectivity index (χ0) is 17.7. The molecular formula is C19H23N3O2. The molecule has 0 fully saturated rings. The lowest BCUT2D eigenvalue weighted by Crippen LogP contribution is -2.30. The molecule has 2 rings (SSSR count). The summed E-state index contributed by atoms with van der Waals surface area (Å²) in [5, 5.41) is 5.61. The Kier molecular flexibility index (Phi) is 5.71. The van der Waals surface area contributed by atoms with Crippen LogP contribution in [0.15, 0.2) is 48.5 Å². The number of amides is 2. The van der Waals surface area contributed by atoms with E-state index in [4.69, 9.17) is 5.73 Å². The Morgan fingerprint density at radius 2 is 1.71 bits per heavy atom. The zero-order valence-electron chi connectivity index (χ0n) is 14.2. The van der Waals surface area contributed by atoms with Crippen LogP contribution in [0.2, 0.25) is 0 Å². The van der Waals surface area contributed by atoms with Gasteiger partial charge >= 0.3 is 0 Å². The minimum Gasteiger partial charge on any atom is -0.326 e. The van der Waals surface area contributed by atoms with Crippen LogP contribution in [-0.4, -0.2) is 11.8 Å². The highest BCUT2D eigenvalue weighted by Gasteiger charge is 2.22. The number of hydrogen-bond donors (Lipinski definition) is 3. The van der Waals surface area contributed by atoms with Gasteiger partial charge in [0.05, 0.1) is 5.92 Å². The molecular weight excluding hydrogens is 302 g/mol. The molecule has 2 amide bonds. The highest BCUT2D eigenvalue weighted by atomic mass is 16.2. The molecule has 0 aliphatic carbocycles. The van der Waals surface area contributed by atoms with Crippen molar-refractivity contribution in [3.8, 4) is 0 Å². The summed E-state index contributed by atoms with van der Waals surface area (Å²) in [6, 6.07) is 14.6. The van der Waals surface area contributed by atoms with Crippen LogP contribution in [0.5, 0.6) is 0 Å². The second-order valence-corrected chi connectivity index (χ2v) is 5.93. The Balaban J connectivity index is 2.12. The molecule has 2 atom stereocenters. The molecule has 0 bridgehead atoms. The third kappa shape index (κ3) is 4.43. The van der Waals surface area contributed by atoms with Gasteiger partial charge in [0, 0.05) is 24.3 Å². The molecule has 0 aromatic heterocycles. The van der Waals surface area contributed by atoms with Crippen molar-refractivity contribution in [2.45, 2.75) is 26.8 Å². The first kappa shape index (κ1) is 17.7. The van der Waals surface area contributed by atoms with Crippen molar-refractivity contribution >= 4 is 23.2 Å². The fourth-order valence-electron chi connectivity index (χ4n) is 2.41. The van der Waals surface area contributed by atoms with Crippen LogP contribution in [0.3, 0.4) is 0 Å². The summed E-state index contributed by atoms with van der Waals surface area (Å²) in [6.07, 6.45) is 0. The van der Waals surface area contributed by atoms with Crippen molar-refractivity contribution in [2.75, 3.05) is 10.6 Å². The van der Waals surface area contributed by atoms with Crippen LogP contribution in [0, 0.1) is 12.8 Å². The number of carbonyl (C=O) groups excluding carboxylic acids is 2. The normalized spacial score (nSPS) is 13.0. The maximum Gasteiger partial charge on any atom is 0.229 e. The fraction of sp³-hybridized carbons (Fsp3) is 0.263. The van der Waals surface area contributed by atoms with Gasteiger partial charge in [-0.25, -0.2) is 0 Å². The van der Waals surface area contributed by atoms with E-state index in [-0.39, 0.29) is 17.9 Å². The van der Waals surface area contributed by atoms with Gasteiger partial charge in [-0.1, -0.05) is 43.3 Å². The fourth-order valence-corrected chi connectivity index (χ4v) is 2.41. The monoisotopic (exact) mass is 325 g/mol. The van der Waals surface area contributed by atoms with Crippen LogP contribution in [0.25, 0.3) is 0 Å². The molecule has 0 saturated heterocycles. The van der Waals surface area contributed by atoms with Gasteiger partial charge in [-0.05, 0) is 30.2 Å². The van der Waals surface area contributed by atoms with Crippen LogP contribution in [-0.2, 0) is 9.59 Å². The SMILES string of the molecule is CC(=O)Nc1ccc(C)c(NC(=O)C(C)C(N)c2ccccc2)c1. The summed E-state index contributed by atoms with van der Waals surface area (Å²) < 4.78 is 0. The first-order valence-electron chi connectivity index (χ1n) is 7.88. The molecule has 4 N–H and O–H groups in total. The number of nitrogens with one attached hydrogen (secondary N) is 2. The van der Waals surface area contributed by atoms with Gasteiger partial charge in [-0.15, -0.1) is 0 Å². The Labute approximate surface area is 142 Å². The van der Waals surface area contributed by atoms with Gasteiger partial charge in [0.15, 0.2) is 0 Å². The predicted molar refractivity (Wildman–Crippen MR) is 96.6 cm³/mol. The van der Waals surface area contributed by atoms with Crippen molar-refractivity contribution in [1.82, 2.24) is 0 Å². The van der Waals surface area contributed by atoms with E-state index in [9.17, 15) is 9.59 Å². The van der Waals surface area contributed by atoms with Crippen molar-refractivity contribution < 1.29 is 9.59 Å². The summed E-state index contributed by atoms with van der Waals surface area (Å²) in [5.74, 6) is -0.707. The smallest absolute Gasteiger partial charge is 0.229 e. The first-order valence-corrected chi connectivity index (χ1v) is 7.88. The highest BCUT2D eigenvalue weighted by Crippen LogP contribution is 2.24. The number of rotatable bonds is 5. The number of anilines is 2. The number of aryl methyl sites for hydroxylation is 1. The minimum absolute atomic E-state index is 0.157. The van der Waals surface area contributed by atoms with E-state index in [1.54, 1.807) is 19.1 Å². The van der Waals surface area contributed by atoms with E-state index in [1.165, 1.54) is 6.92 Å². The standard InChI is InChI=1S/C19H23N3O2/c1-12-9-10-16(21-14(3)23)11-17(12)22-19(24)13(2)18(20)15-7-5-4-6-8-15/h4-11,13,18H,20H2,1-3H3,(H,21,23)(H,22,24). The second-order valence-electron chi connectivity index (χ2n) is 5.93. The maximum absolute atomic E-state index is 12.5. The van der Waals surface area contributed by atoms with Crippen LogP contribution in [0.4, 0.5) is 11.4 Å². The van der Waals surface area contributed by atoms with Gasteiger partial charge in [-0.3, -0.25) is 9.59 Å². The Bertz CT molecular complexity index is 729. The lowest BCUT2D eigenvalue weighted by molar-refractivity contribution is -0.120. The molecule has 0 heterocycles. The van der Waals surface area contributed by atoms with Crippen LogP contribution >= 0.6 is 0 Å². The summed E-state index contributed by atoms with van der Waals surface area (Å²) in [7, 11) is 0. The minimum atomic E-state index is -0.392. The van der Waals surface area contributed by atoms with Gasteiger partial charge in [-0.2, -0.15) is 0 Å². The third-order valence-electron chi connectivity index (χ3n) is 3.95. The Hall–Kier alpha value is -2.66. The lowest BCUT2D eigenvalue weighted by atomic mass is 9.94. The molecule has 2 aromatic rings. The Morgan fingerprint density at radius 3 is 2.33 bits per heavy atom. The maximum atomic E-state index is 12.5. The molecule has 5 nitrogen and oxygen atoms in total. The summed E-state index contributed by atoms with van der Waals surface area (Å²) >= 11 is 0. The van der Waals surface area contributed by atoms with Gasteiger partial charge in [0.1, 0.15) is 0 Å². The van der Waals surface area contributed by atoms with Gasteiger partial charge in [0.25, 0.3) is 0 Å². The molecule has 2 aromatic carbocycles.